The fourth-order valence-corrected chi connectivity index (χ4v) is 9.52. The Bertz CT molecular complexity index is 810. The van der Waals surface area contributed by atoms with Crippen LogP contribution >= 0.6 is 0 Å². The van der Waals surface area contributed by atoms with Gasteiger partial charge in [0.2, 0.25) is 0 Å². The van der Waals surface area contributed by atoms with Gasteiger partial charge in [-0.15, -0.1) is 0 Å². The number of ketones is 1. The third kappa shape index (κ3) is 2.62. The molecular weight excluding hydrogens is 388 g/mol. The molecule has 0 bridgehead atoms. The summed E-state index contributed by atoms with van der Waals surface area (Å²) in [4.78, 5) is 12.1. The summed E-state index contributed by atoms with van der Waals surface area (Å²) in [5, 5.41) is 11.7. The van der Waals surface area contributed by atoms with Crippen molar-refractivity contribution in [3.05, 3.63) is 11.6 Å². The lowest BCUT2D eigenvalue weighted by Crippen LogP contribution is -2.58. The summed E-state index contributed by atoms with van der Waals surface area (Å²) < 4.78 is 13.2. The Kier molecular flexibility index (Phi) is 4.49. The van der Waals surface area contributed by atoms with Crippen molar-refractivity contribution in [3.8, 4) is 0 Å². The Labute approximate surface area is 187 Å². The van der Waals surface area contributed by atoms with E-state index in [0.717, 1.165) is 38.7 Å². The van der Waals surface area contributed by atoms with Gasteiger partial charge in [-0.25, -0.2) is 0 Å². The Morgan fingerprint density at radius 1 is 1.06 bits per heavy atom. The van der Waals surface area contributed by atoms with Crippen LogP contribution in [-0.4, -0.2) is 35.5 Å². The molecule has 3 saturated carbocycles. The fraction of sp³-hybridized carbons (Fsp3) is 0.889. The molecule has 11 atom stereocenters. The maximum atomic E-state index is 12.1. The van der Waals surface area contributed by atoms with Gasteiger partial charge in [0.25, 0.3) is 0 Å². The van der Waals surface area contributed by atoms with Crippen molar-refractivity contribution in [2.45, 2.75) is 97.1 Å². The van der Waals surface area contributed by atoms with Crippen LogP contribution in [0.25, 0.3) is 0 Å². The summed E-state index contributed by atoms with van der Waals surface area (Å²) in [6, 6.07) is 0. The molecule has 2 heterocycles. The van der Waals surface area contributed by atoms with Crippen LogP contribution in [0.4, 0.5) is 0 Å². The van der Waals surface area contributed by atoms with Gasteiger partial charge in [0.15, 0.2) is 11.6 Å². The van der Waals surface area contributed by atoms with E-state index in [4.69, 9.17) is 9.47 Å². The first kappa shape index (κ1) is 20.9. The van der Waals surface area contributed by atoms with Crippen molar-refractivity contribution in [2.75, 3.05) is 6.61 Å². The van der Waals surface area contributed by atoms with Gasteiger partial charge >= 0.3 is 0 Å². The topological polar surface area (TPSA) is 55.8 Å². The molecule has 0 aromatic carbocycles. The average Bonchev–Trinajstić information content (AvgIpc) is 3.18. The molecule has 6 rings (SSSR count). The molecule has 0 aromatic rings. The van der Waals surface area contributed by atoms with Gasteiger partial charge in [0.05, 0.1) is 18.8 Å². The van der Waals surface area contributed by atoms with Crippen LogP contribution in [0.1, 0.15) is 79.1 Å². The molecule has 0 radical (unpaired) electrons. The van der Waals surface area contributed by atoms with E-state index >= 15 is 0 Å². The number of ether oxygens (including phenoxy) is 2. The molecule has 0 amide bonds. The van der Waals surface area contributed by atoms with Crippen molar-refractivity contribution in [1.29, 1.82) is 0 Å². The number of hydrogen-bond donors (Lipinski definition) is 1. The van der Waals surface area contributed by atoms with E-state index in [1.165, 1.54) is 18.4 Å². The van der Waals surface area contributed by atoms with Crippen molar-refractivity contribution >= 4 is 5.78 Å². The Morgan fingerprint density at radius 2 is 1.87 bits per heavy atom. The first-order valence-corrected chi connectivity index (χ1v) is 12.9. The van der Waals surface area contributed by atoms with Crippen molar-refractivity contribution in [3.63, 3.8) is 0 Å². The van der Waals surface area contributed by atoms with Gasteiger partial charge in [-0.1, -0.05) is 33.3 Å². The van der Waals surface area contributed by atoms with E-state index in [0.29, 0.717) is 47.7 Å². The highest BCUT2D eigenvalue weighted by atomic mass is 16.7. The van der Waals surface area contributed by atoms with E-state index in [1.807, 2.05) is 6.08 Å². The van der Waals surface area contributed by atoms with Gasteiger partial charge in [-0.2, -0.15) is 0 Å². The maximum Gasteiger partial charge on any atom is 0.171 e. The highest BCUT2D eigenvalue weighted by Crippen LogP contribution is 2.70. The Hall–Kier alpha value is -0.710. The minimum absolute atomic E-state index is 0.0904. The number of fused-ring (bicyclic) bond motifs is 7. The second-order valence-electron chi connectivity index (χ2n) is 12.6. The third-order valence-corrected chi connectivity index (χ3v) is 11.3. The molecule has 4 aliphatic carbocycles. The van der Waals surface area contributed by atoms with Crippen molar-refractivity contribution in [2.24, 2.45) is 46.3 Å². The lowest BCUT2D eigenvalue weighted by molar-refractivity contribution is -0.273. The number of carbonyl (C=O) groups is 1. The molecular formula is C27H40O4. The molecule has 2 aliphatic heterocycles. The number of hydrogen-bond acceptors (Lipinski definition) is 4. The number of aliphatic hydroxyl groups excluding tert-OH is 1. The molecule has 0 unspecified atom stereocenters. The fourth-order valence-electron chi connectivity index (χ4n) is 9.52. The minimum atomic E-state index is -0.426. The van der Waals surface area contributed by atoms with Gasteiger partial charge in [0.1, 0.15) is 0 Å². The summed E-state index contributed by atoms with van der Waals surface area (Å²) >= 11 is 0. The standard InChI is InChI=1S/C27H40O4/c1-15-7-10-27(30-14-15)16(2)24-22(31-27)12-21-19-6-5-17-11-18(28)8-9-25(17,3)20(19)13-23(29)26(21,24)4/h11,15-16,19-24,29H,5-10,12-14H2,1-4H3/t15-,16+,19-,20+,21+,22+,23+,24+,25+,26-,27-/m1/s1. The van der Waals surface area contributed by atoms with Gasteiger partial charge in [-0.05, 0) is 73.7 Å². The van der Waals surface area contributed by atoms with Gasteiger partial charge < -0.3 is 14.6 Å². The summed E-state index contributed by atoms with van der Waals surface area (Å²) in [5.74, 6) is 2.82. The molecule has 1 N–H and O–H groups in total. The van der Waals surface area contributed by atoms with Crippen LogP contribution in [0.15, 0.2) is 11.6 Å². The molecule has 1 spiro atoms. The monoisotopic (exact) mass is 428 g/mol. The molecule has 4 heteroatoms. The SMILES string of the molecule is C[C@@H]1CC[C@@]2(OC1)O[C@H]1C[C@H]3[C@@H]4CCC5=CC(=O)CC[C@]5(C)[C@H]4C[C@H](O)[C@]3(C)[C@H]1[C@@H]2C. The van der Waals surface area contributed by atoms with E-state index in [9.17, 15) is 9.90 Å². The van der Waals surface area contributed by atoms with Crippen LogP contribution in [0.2, 0.25) is 0 Å². The molecule has 4 nitrogen and oxygen atoms in total. The lowest BCUT2D eigenvalue weighted by Gasteiger charge is -2.60. The van der Waals surface area contributed by atoms with Crippen LogP contribution in [-0.2, 0) is 14.3 Å². The van der Waals surface area contributed by atoms with Crippen LogP contribution < -0.4 is 0 Å². The maximum absolute atomic E-state index is 12.1. The number of carbonyl (C=O) groups excluding carboxylic acids is 1. The minimum Gasteiger partial charge on any atom is -0.393 e. The van der Waals surface area contributed by atoms with Crippen LogP contribution in [0.3, 0.4) is 0 Å². The molecule has 0 aromatic heterocycles. The van der Waals surface area contributed by atoms with Gasteiger partial charge in [-0.3, -0.25) is 4.79 Å². The zero-order chi connectivity index (χ0) is 21.8. The normalized spacial score (nSPS) is 58.4. The number of allylic oxidation sites excluding steroid dienone is 1. The molecule has 2 saturated heterocycles. The van der Waals surface area contributed by atoms with E-state index < -0.39 is 5.79 Å². The Morgan fingerprint density at radius 3 is 2.61 bits per heavy atom. The zero-order valence-electron chi connectivity index (χ0n) is 19.7. The molecule has 31 heavy (non-hydrogen) atoms. The Balaban J connectivity index is 1.32. The second kappa shape index (κ2) is 6.67. The third-order valence-electron chi connectivity index (χ3n) is 11.3. The van der Waals surface area contributed by atoms with E-state index in [1.54, 1.807) is 0 Å². The van der Waals surface area contributed by atoms with E-state index in [2.05, 4.69) is 27.7 Å². The molecule has 6 aliphatic rings. The summed E-state index contributed by atoms with van der Waals surface area (Å²) in [7, 11) is 0. The van der Waals surface area contributed by atoms with E-state index in [-0.39, 0.29) is 23.0 Å². The average molecular weight is 429 g/mol. The highest BCUT2D eigenvalue weighted by Gasteiger charge is 2.71. The first-order valence-electron chi connectivity index (χ1n) is 12.9. The molecule has 172 valence electrons. The van der Waals surface area contributed by atoms with Crippen LogP contribution in [0.5, 0.6) is 0 Å². The largest absolute Gasteiger partial charge is 0.393 e. The van der Waals surface area contributed by atoms with Crippen molar-refractivity contribution in [1.82, 2.24) is 0 Å². The second-order valence-corrected chi connectivity index (χ2v) is 12.6. The van der Waals surface area contributed by atoms with Crippen molar-refractivity contribution < 1.29 is 19.4 Å². The number of aliphatic hydroxyl groups is 1. The predicted octanol–water partition coefficient (Wildman–Crippen LogP) is 4.89. The summed E-state index contributed by atoms with van der Waals surface area (Å²) in [6.07, 6.45) is 9.83. The summed E-state index contributed by atoms with van der Waals surface area (Å²) in [5.41, 5.74) is 1.36. The highest BCUT2D eigenvalue weighted by molar-refractivity contribution is 5.91. The quantitative estimate of drug-likeness (QED) is 0.597. The first-order chi connectivity index (χ1) is 14.7. The molecule has 5 fully saturated rings. The smallest absolute Gasteiger partial charge is 0.171 e. The van der Waals surface area contributed by atoms with Crippen LogP contribution in [0, 0.1) is 46.3 Å². The summed E-state index contributed by atoms with van der Waals surface area (Å²) in [6.45, 7) is 10.2. The lowest BCUT2D eigenvalue weighted by atomic mass is 9.45. The number of rotatable bonds is 0. The predicted molar refractivity (Wildman–Crippen MR) is 118 cm³/mol. The van der Waals surface area contributed by atoms with Gasteiger partial charge in [0, 0.05) is 30.1 Å². The zero-order valence-corrected chi connectivity index (χ0v) is 19.7.